The maximum absolute atomic E-state index is 6.07. The zero-order chi connectivity index (χ0) is 13.9. The first-order valence-corrected chi connectivity index (χ1v) is 7.56. The van der Waals surface area contributed by atoms with Crippen LogP contribution in [0, 0.1) is 5.92 Å². The summed E-state index contributed by atoms with van der Waals surface area (Å²) in [6.45, 7) is 5.34. The van der Waals surface area contributed by atoms with Crippen LogP contribution in [0.2, 0.25) is 0 Å². The quantitative estimate of drug-likeness (QED) is 0.931. The molecule has 2 aromatic rings. The van der Waals surface area contributed by atoms with Crippen molar-refractivity contribution in [1.82, 2.24) is 9.88 Å². The van der Waals surface area contributed by atoms with Crippen molar-refractivity contribution in [3.05, 3.63) is 42.1 Å². The molecule has 20 heavy (non-hydrogen) atoms. The third-order valence-corrected chi connectivity index (χ3v) is 4.36. The number of hydrogen-bond acceptors (Lipinski definition) is 3. The van der Waals surface area contributed by atoms with Crippen LogP contribution in [-0.2, 0) is 0 Å². The van der Waals surface area contributed by atoms with E-state index in [1.54, 1.807) is 0 Å². The molecule has 0 aliphatic carbocycles. The normalized spacial score (nSPS) is 22.0. The second-order valence-electron chi connectivity index (χ2n) is 5.95. The third-order valence-electron chi connectivity index (χ3n) is 4.36. The van der Waals surface area contributed by atoms with Crippen molar-refractivity contribution in [3.63, 3.8) is 0 Å². The van der Waals surface area contributed by atoms with Crippen molar-refractivity contribution in [2.75, 3.05) is 19.6 Å². The molecule has 0 spiro atoms. The highest BCUT2D eigenvalue weighted by Crippen LogP contribution is 2.27. The average molecular weight is 269 g/mol. The molecule has 3 heteroatoms. The molecule has 3 rings (SSSR count). The predicted octanol–water partition coefficient (Wildman–Crippen LogP) is 2.97. The fraction of sp³-hybridized carbons (Fsp3) is 0.471. The van der Waals surface area contributed by atoms with Crippen molar-refractivity contribution in [3.8, 4) is 0 Å². The van der Waals surface area contributed by atoms with Gasteiger partial charge in [0.2, 0.25) is 0 Å². The summed E-state index contributed by atoms with van der Waals surface area (Å²) < 4.78 is 0. The van der Waals surface area contributed by atoms with Gasteiger partial charge in [0.05, 0.1) is 5.52 Å². The Morgan fingerprint density at radius 3 is 3.10 bits per heavy atom. The van der Waals surface area contributed by atoms with Gasteiger partial charge in [-0.2, -0.15) is 0 Å². The molecule has 106 valence electrons. The lowest BCUT2D eigenvalue weighted by atomic mass is 9.95. The summed E-state index contributed by atoms with van der Waals surface area (Å²) in [6.07, 6.45) is 4.47. The largest absolute Gasteiger partial charge is 0.329 e. The number of fused-ring (bicyclic) bond motifs is 1. The first kappa shape index (κ1) is 13.5. The number of benzene rings is 1. The number of likely N-dealkylation sites (tertiary alicyclic amines) is 1. The fourth-order valence-corrected chi connectivity index (χ4v) is 3.31. The zero-order valence-corrected chi connectivity index (χ0v) is 12.1. The van der Waals surface area contributed by atoms with E-state index in [0.29, 0.717) is 12.6 Å². The van der Waals surface area contributed by atoms with E-state index in [1.807, 2.05) is 12.3 Å². The average Bonchev–Trinajstić information content (AvgIpc) is 2.48. The van der Waals surface area contributed by atoms with E-state index in [-0.39, 0.29) is 0 Å². The highest BCUT2D eigenvalue weighted by atomic mass is 15.2. The van der Waals surface area contributed by atoms with Crippen LogP contribution in [0.15, 0.2) is 36.5 Å². The molecule has 2 heterocycles. The molecule has 0 radical (unpaired) electrons. The van der Waals surface area contributed by atoms with Gasteiger partial charge in [-0.25, -0.2) is 0 Å². The number of rotatable bonds is 3. The number of piperidine rings is 1. The van der Waals surface area contributed by atoms with Crippen LogP contribution < -0.4 is 5.73 Å². The Balaban J connectivity index is 1.90. The molecule has 1 fully saturated rings. The summed E-state index contributed by atoms with van der Waals surface area (Å²) in [4.78, 5) is 6.93. The summed E-state index contributed by atoms with van der Waals surface area (Å²) in [5.41, 5.74) is 8.44. The Kier molecular flexibility index (Phi) is 3.99. The molecular weight excluding hydrogens is 246 g/mol. The fourth-order valence-electron chi connectivity index (χ4n) is 3.31. The van der Waals surface area contributed by atoms with Gasteiger partial charge in [0.1, 0.15) is 0 Å². The summed E-state index contributed by atoms with van der Waals surface area (Å²) in [5, 5.41) is 1.20. The predicted molar refractivity (Wildman–Crippen MR) is 83.5 cm³/mol. The maximum Gasteiger partial charge on any atom is 0.0702 e. The first-order valence-electron chi connectivity index (χ1n) is 7.56. The molecule has 1 aliphatic rings. The molecule has 1 aromatic carbocycles. The van der Waals surface area contributed by atoms with Crippen molar-refractivity contribution in [2.45, 2.75) is 25.8 Å². The smallest absolute Gasteiger partial charge is 0.0702 e. The van der Waals surface area contributed by atoms with Crippen LogP contribution in [-0.4, -0.2) is 29.5 Å². The van der Waals surface area contributed by atoms with E-state index < -0.39 is 0 Å². The molecule has 0 amide bonds. The minimum Gasteiger partial charge on any atom is -0.329 e. The number of aromatic nitrogens is 1. The van der Waals surface area contributed by atoms with Crippen molar-refractivity contribution in [1.29, 1.82) is 0 Å². The van der Waals surface area contributed by atoms with Crippen molar-refractivity contribution in [2.24, 2.45) is 11.7 Å². The Bertz CT molecular complexity index is 581. The Hall–Kier alpha value is -1.45. The van der Waals surface area contributed by atoms with Crippen LogP contribution in [0.1, 0.15) is 31.4 Å². The first-order chi connectivity index (χ1) is 9.78. The van der Waals surface area contributed by atoms with Gasteiger partial charge in [-0.05, 0) is 49.1 Å². The number of hydrogen-bond donors (Lipinski definition) is 1. The molecule has 2 atom stereocenters. The van der Waals surface area contributed by atoms with Gasteiger partial charge in [0.25, 0.3) is 0 Å². The molecule has 2 unspecified atom stereocenters. The van der Waals surface area contributed by atoms with E-state index >= 15 is 0 Å². The third kappa shape index (κ3) is 2.69. The number of pyridine rings is 1. The lowest BCUT2D eigenvalue weighted by Gasteiger charge is -2.37. The molecule has 1 saturated heterocycles. The van der Waals surface area contributed by atoms with Crippen molar-refractivity contribution < 1.29 is 0 Å². The van der Waals surface area contributed by atoms with E-state index in [0.717, 1.165) is 24.5 Å². The number of nitrogens with zero attached hydrogens (tertiary/aromatic N) is 2. The van der Waals surface area contributed by atoms with E-state index in [4.69, 9.17) is 5.73 Å². The maximum atomic E-state index is 6.07. The SMILES string of the molecule is CC1CCCN(C(CN)c2ccc3ncccc3c2)C1. The summed E-state index contributed by atoms with van der Waals surface area (Å²) in [6, 6.07) is 11.0. The molecule has 3 nitrogen and oxygen atoms in total. The molecule has 0 saturated carbocycles. The van der Waals surface area contributed by atoms with Gasteiger partial charge in [0.15, 0.2) is 0 Å². The lowest BCUT2D eigenvalue weighted by Crippen LogP contribution is -2.40. The second-order valence-corrected chi connectivity index (χ2v) is 5.95. The van der Waals surface area contributed by atoms with Crippen LogP contribution in [0.3, 0.4) is 0 Å². The van der Waals surface area contributed by atoms with Gasteiger partial charge >= 0.3 is 0 Å². The van der Waals surface area contributed by atoms with E-state index in [1.165, 1.54) is 23.8 Å². The van der Waals surface area contributed by atoms with Crippen LogP contribution in [0.25, 0.3) is 10.9 Å². The lowest BCUT2D eigenvalue weighted by molar-refractivity contribution is 0.133. The minimum absolute atomic E-state index is 0.336. The summed E-state index contributed by atoms with van der Waals surface area (Å²) in [7, 11) is 0. The molecule has 0 bridgehead atoms. The van der Waals surface area contributed by atoms with Crippen LogP contribution in [0.5, 0.6) is 0 Å². The van der Waals surface area contributed by atoms with E-state index in [2.05, 4.69) is 41.1 Å². The van der Waals surface area contributed by atoms with Crippen LogP contribution >= 0.6 is 0 Å². The Morgan fingerprint density at radius 2 is 2.30 bits per heavy atom. The summed E-state index contributed by atoms with van der Waals surface area (Å²) >= 11 is 0. The highest BCUT2D eigenvalue weighted by molar-refractivity contribution is 5.79. The van der Waals surface area contributed by atoms with Gasteiger partial charge in [-0.3, -0.25) is 9.88 Å². The van der Waals surface area contributed by atoms with Crippen LogP contribution in [0.4, 0.5) is 0 Å². The topological polar surface area (TPSA) is 42.1 Å². The minimum atomic E-state index is 0.336. The molecular formula is C17H23N3. The Morgan fingerprint density at radius 1 is 1.40 bits per heavy atom. The Labute approximate surface area is 120 Å². The van der Waals surface area contributed by atoms with E-state index in [9.17, 15) is 0 Å². The monoisotopic (exact) mass is 269 g/mol. The second kappa shape index (κ2) is 5.90. The molecule has 1 aliphatic heterocycles. The molecule has 1 aromatic heterocycles. The van der Waals surface area contributed by atoms with Gasteiger partial charge in [-0.1, -0.05) is 19.1 Å². The standard InChI is InChI=1S/C17H23N3/c1-13-4-3-9-20(12-13)17(11-18)15-6-7-16-14(10-15)5-2-8-19-16/h2,5-8,10,13,17H,3-4,9,11-12,18H2,1H3. The van der Waals surface area contributed by atoms with Gasteiger partial charge in [0, 0.05) is 30.7 Å². The van der Waals surface area contributed by atoms with Gasteiger partial charge < -0.3 is 5.73 Å². The van der Waals surface area contributed by atoms with Gasteiger partial charge in [-0.15, -0.1) is 0 Å². The number of nitrogens with two attached hydrogens (primary N) is 1. The van der Waals surface area contributed by atoms with Crippen molar-refractivity contribution >= 4 is 10.9 Å². The molecule has 2 N–H and O–H groups in total. The summed E-state index contributed by atoms with van der Waals surface area (Å²) in [5.74, 6) is 0.778. The zero-order valence-electron chi connectivity index (χ0n) is 12.1. The highest BCUT2D eigenvalue weighted by Gasteiger charge is 2.24.